The van der Waals surface area contributed by atoms with Crippen LogP contribution in [0.15, 0.2) is 0 Å². The summed E-state index contributed by atoms with van der Waals surface area (Å²) in [5, 5.41) is 0. The first-order valence-electron chi connectivity index (χ1n) is 4.85. The summed E-state index contributed by atoms with van der Waals surface area (Å²) in [7, 11) is 0. The van der Waals surface area contributed by atoms with Crippen molar-refractivity contribution < 1.29 is 14.3 Å². The predicted octanol–water partition coefficient (Wildman–Crippen LogP) is 1.61. The van der Waals surface area contributed by atoms with Crippen molar-refractivity contribution in [3.63, 3.8) is 0 Å². The number of Topliss-reactive ketones (excluding diaryl/α,β-unsaturated/α-hetero) is 1. The summed E-state index contributed by atoms with van der Waals surface area (Å²) < 4.78 is 10.5. The molecule has 13 heavy (non-hydrogen) atoms. The van der Waals surface area contributed by atoms with E-state index in [1.165, 1.54) is 0 Å². The van der Waals surface area contributed by atoms with E-state index in [4.69, 9.17) is 9.47 Å². The molecule has 1 fully saturated rings. The van der Waals surface area contributed by atoms with Crippen molar-refractivity contribution in [2.45, 2.75) is 33.5 Å². The Kier molecular flexibility index (Phi) is 3.88. The molecular formula is C10H18O3. The molecule has 1 aliphatic rings. The van der Waals surface area contributed by atoms with Crippen LogP contribution in [-0.4, -0.2) is 25.3 Å². The molecule has 0 aromatic heterocycles. The molecule has 1 rings (SSSR count). The molecule has 0 aromatic rings. The van der Waals surface area contributed by atoms with E-state index in [2.05, 4.69) is 13.8 Å². The van der Waals surface area contributed by atoms with E-state index < -0.39 is 0 Å². The molecule has 3 heteroatoms. The molecule has 76 valence electrons. The molecule has 0 amide bonds. The van der Waals surface area contributed by atoms with E-state index in [9.17, 15) is 4.79 Å². The van der Waals surface area contributed by atoms with Gasteiger partial charge in [-0.15, -0.1) is 0 Å². The van der Waals surface area contributed by atoms with E-state index in [1.54, 1.807) is 0 Å². The molecule has 0 bridgehead atoms. The SMILES string of the molecule is CC(C)C[C@@H]1CO[C@H](C)OCC1=O. The summed E-state index contributed by atoms with van der Waals surface area (Å²) in [6.45, 7) is 6.77. The highest BCUT2D eigenvalue weighted by Crippen LogP contribution is 2.17. The van der Waals surface area contributed by atoms with Crippen LogP contribution in [0.3, 0.4) is 0 Å². The van der Waals surface area contributed by atoms with Crippen LogP contribution in [0.4, 0.5) is 0 Å². The molecule has 0 radical (unpaired) electrons. The Morgan fingerprint density at radius 2 is 2.15 bits per heavy atom. The van der Waals surface area contributed by atoms with Gasteiger partial charge in [0.2, 0.25) is 0 Å². The minimum absolute atomic E-state index is 0.0324. The van der Waals surface area contributed by atoms with Gasteiger partial charge in [-0.25, -0.2) is 0 Å². The Balaban J connectivity index is 2.47. The lowest BCUT2D eigenvalue weighted by Crippen LogP contribution is -2.21. The van der Waals surface area contributed by atoms with Crippen molar-refractivity contribution in [2.75, 3.05) is 13.2 Å². The number of ether oxygens (including phenoxy) is 2. The number of hydrogen-bond acceptors (Lipinski definition) is 3. The van der Waals surface area contributed by atoms with Crippen LogP contribution in [0.2, 0.25) is 0 Å². The fraction of sp³-hybridized carbons (Fsp3) is 0.900. The largest absolute Gasteiger partial charge is 0.352 e. The average molecular weight is 186 g/mol. The van der Waals surface area contributed by atoms with Crippen LogP contribution in [0.25, 0.3) is 0 Å². The molecule has 2 atom stereocenters. The molecule has 1 heterocycles. The highest BCUT2D eigenvalue weighted by atomic mass is 16.7. The van der Waals surface area contributed by atoms with Crippen molar-refractivity contribution in [1.29, 1.82) is 0 Å². The zero-order valence-electron chi connectivity index (χ0n) is 8.58. The van der Waals surface area contributed by atoms with Crippen LogP contribution in [-0.2, 0) is 14.3 Å². The van der Waals surface area contributed by atoms with Crippen molar-refractivity contribution in [1.82, 2.24) is 0 Å². The molecule has 0 aromatic carbocycles. The fourth-order valence-electron chi connectivity index (χ4n) is 1.48. The second kappa shape index (κ2) is 4.72. The number of ketones is 1. The third-order valence-corrected chi connectivity index (χ3v) is 2.20. The maximum absolute atomic E-state index is 11.5. The molecule has 1 saturated heterocycles. The van der Waals surface area contributed by atoms with Gasteiger partial charge in [0.15, 0.2) is 12.1 Å². The number of rotatable bonds is 2. The second-order valence-electron chi connectivity index (χ2n) is 4.00. The van der Waals surface area contributed by atoms with Gasteiger partial charge < -0.3 is 9.47 Å². The van der Waals surface area contributed by atoms with Crippen LogP contribution < -0.4 is 0 Å². The van der Waals surface area contributed by atoms with E-state index in [1.807, 2.05) is 6.92 Å². The Morgan fingerprint density at radius 1 is 1.46 bits per heavy atom. The summed E-state index contributed by atoms with van der Waals surface area (Å²) >= 11 is 0. The van der Waals surface area contributed by atoms with Gasteiger partial charge in [-0.05, 0) is 19.3 Å². The van der Waals surface area contributed by atoms with E-state index in [0.29, 0.717) is 12.5 Å². The molecule has 0 spiro atoms. The molecule has 3 nitrogen and oxygen atoms in total. The quantitative estimate of drug-likeness (QED) is 0.657. The monoisotopic (exact) mass is 186 g/mol. The summed E-state index contributed by atoms with van der Waals surface area (Å²) in [4.78, 5) is 11.5. The maximum Gasteiger partial charge on any atom is 0.163 e. The van der Waals surface area contributed by atoms with Gasteiger partial charge in [-0.3, -0.25) is 4.79 Å². The van der Waals surface area contributed by atoms with Gasteiger partial charge in [0.25, 0.3) is 0 Å². The lowest BCUT2D eigenvalue weighted by Gasteiger charge is -2.14. The summed E-state index contributed by atoms with van der Waals surface area (Å²) in [5.74, 6) is 0.744. The average Bonchev–Trinajstić information content (AvgIpc) is 2.19. The zero-order valence-corrected chi connectivity index (χ0v) is 8.58. The first kappa shape index (κ1) is 10.7. The normalized spacial score (nSPS) is 30.6. The van der Waals surface area contributed by atoms with Gasteiger partial charge in [0.1, 0.15) is 6.61 Å². The lowest BCUT2D eigenvalue weighted by atomic mass is 9.94. The van der Waals surface area contributed by atoms with E-state index in [0.717, 1.165) is 6.42 Å². The second-order valence-corrected chi connectivity index (χ2v) is 4.00. The van der Waals surface area contributed by atoms with Gasteiger partial charge in [0.05, 0.1) is 6.61 Å². The Hall–Kier alpha value is -0.410. The minimum atomic E-state index is -0.235. The van der Waals surface area contributed by atoms with Gasteiger partial charge >= 0.3 is 0 Å². The highest BCUT2D eigenvalue weighted by molar-refractivity contribution is 5.82. The summed E-state index contributed by atoms with van der Waals surface area (Å²) in [5.41, 5.74) is 0. The lowest BCUT2D eigenvalue weighted by molar-refractivity contribution is -0.132. The first-order valence-corrected chi connectivity index (χ1v) is 4.85. The molecule has 0 N–H and O–H groups in total. The number of hydrogen-bond donors (Lipinski definition) is 0. The highest BCUT2D eigenvalue weighted by Gasteiger charge is 2.24. The topological polar surface area (TPSA) is 35.5 Å². The van der Waals surface area contributed by atoms with Gasteiger partial charge in [0, 0.05) is 5.92 Å². The van der Waals surface area contributed by atoms with Crippen LogP contribution in [0, 0.1) is 11.8 Å². The molecule has 0 saturated carbocycles. The predicted molar refractivity (Wildman–Crippen MR) is 49.3 cm³/mol. The van der Waals surface area contributed by atoms with E-state index in [-0.39, 0.29) is 24.6 Å². The Bertz CT molecular complexity index is 177. The minimum Gasteiger partial charge on any atom is -0.352 e. The first-order chi connectivity index (χ1) is 6.09. The maximum atomic E-state index is 11.5. The van der Waals surface area contributed by atoms with Crippen LogP contribution >= 0.6 is 0 Å². The van der Waals surface area contributed by atoms with Gasteiger partial charge in [-0.1, -0.05) is 13.8 Å². The number of carbonyl (C=O) groups excluding carboxylic acids is 1. The third kappa shape index (κ3) is 3.44. The third-order valence-electron chi connectivity index (χ3n) is 2.20. The molecule has 0 unspecified atom stereocenters. The molecular weight excluding hydrogens is 168 g/mol. The van der Waals surface area contributed by atoms with Crippen molar-refractivity contribution in [3.05, 3.63) is 0 Å². The smallest absolute Gasteiger partial charge is 0.163 e. The molecule has 1 aliphatic heterocycles. The standard InChI is InChI=1S/C10H18O3/c1-7(2)4-9-5-12-8(3)13-6-10(9)11/h7-9H,4-6H2,1-3H3/t8-,9+/m0/s1. The summed E-state index contributed by atoms with van der Waals surface area (Å²) in [6.07, 6.45) is 0.663. The van der Waals surface area contributed by atoms with Gasteiger partial charge in [-0.2, -0.15) is 0 Å². The fourth-order valence-corrected chi connectivity index (χ4v) is 1.48. The van der Waals surface area contributed by atoms with Crippen molar-refractivity contribution in [3.8, 4) is 0 Å². The Morgan fingerprint density at radius 3 is 2.77 bits per heavy atom. The zero-order chi connectivity index (χ0) is 9.84. The number of carbonyl (C=O) groups is 1. The van der Waals surface area contributed by atoms with Crippen LogP contribution in [0.1, 0.15) is 27.2 Å². The summed E-state index contributed by atoms with van der Waals surface area (Å²) in [6, 6.07) is 0. The van der Waals surface area contributed by atoms with Crippen molar-refractivity contribution in [2.24, 2.45) is 11.8 Å². The van der Waals surface area contributed by atoms with Crippen molar-refractivity contribution >= 4 is 5.78 Å². The Labute approximate surface area is 79.4 Å². The molecule has 0 aliphatic carbocycles. The van der Waals surface area contributed by atoms with E-state index >= 15 is 0 Å². The van der Waals surface area contributed by atoms with Crippen LogP contribution in [0.5, 0.6) is 0 Å².